The van der Waals surface area contributed by atoms with Crippen LogP contribution in [0.1, 0.15) is 0 Å². The third kappa shape index (κ3) is 6.59. The Kier molecular flexibility index (Phi) is 4.58. The molecule has 5 heteroatoms. The van der Waals surface area contributed by atoms with E-state index in [9.17, 15) is 4.79 Å². The summed E-state index contributed by atoms with van der Waals surface area (Å²) in [4.78, 5) is 9.25. The minimum atomic E-state index is -0.981. The molecule has 5 nitrogen and oxygen atoms in total. The number of hydrogen-bond donors (Lipinski definition) is 1. The van der Waals surface area contributed by atoms with Crippen molar-refractivity contribution >= 4 is 5.97 Å². The van der Waals surface area contributed by atoms with Gasteiger partial charge in [-0.2, -0.15) is 0 Å². The predicted molar refractivity (Wildman–Crippen MR) is 48.1 cm³/mol. The van der Waals surface area contributed by atoms with Crippen molar-refractivity contribution in [1.82, 2.24) is 0 Å². The van der Waals surface area contributed by atoms with E-state index in [0.29, 0.717) is 12.2 Å². The highest BCUT2D eigenvalue weighted by molar-refractivity contribution is 5.78. The first-order chi connectivity index (χ1) is 6.72. The third-order valence-electron chi connectivity index (χ3n) is 1.59. The summed E-state index contributed by atoms with van der Waals surface area (Å²) in [6, 6.07) is 0. The van der Waals surface area contributed by atoms with Crippen molar-refractivity contribution in [2.24, 2.45) is 0 Å². The lowest BCUT2D eigenvalue weighted by Crippen LogP contribution is -2.06. The Labute approximate surface area is 82.3 Å². The first kappa shape index (κ1) is 11.2. The van der Waals surface area contributed by atoms with Gasteiger partial charge < -0.3 is 19.3 Å². The van der Waals surface area contributed by atoms with Gasteiger partial charge in [0, 0.05) is 6.08 Å². The van der Waals surface area contributed by atoms with Crippen LogP contribution in [-0.2, 0) is 19.0 Å². The SMILES string of the molecule is C(OCC1CO1)C1CO1.C=CC(=O)O. The normalized spacial score (nSPS) is 27.1. The molecule has 2 rings (SSSR count). The average molecular weight is 202 g/mol. The van der Waals surface area contributed by atoms with Gasteiger partial charge in [0.25, 0.3) is 0 Å². The smallest absolute Gasteiger partial charge is 0.327 e. The van der Waals surface area contributed by atoms with Crippen LogP contribution in [0.3, 0.4) is 0 Å². The van der Waals surface area contributed by atoms with Gasteiger partial charge in [0.1, 0.15) is 12.2 Å². The number of rotatable bonds is 5. The fourth-order valence-corrected chi connectivity index (χ4v) is 0.659. The molecule has 1 N–H and O–H groups in total. The molecule has 0 amide bonds. The van der Waals surface area contributed by atoms with Crippen LogP contribution in [0.4, 0.5) is 0 Å². The van der Waals surface area contributed by atoms with Gasteiger partial charge in [0.05, 0.1) is 26.4 Å². The molecule has 0 aromatic carbocycles. The summed E-state index contributed by atoms with van der Waals surface area (Å²) in [5, 5.41) is 7.60. The van der Waals surface area contributed by atoms with Gasteiger partial charge in [-0.1, -0.05) is 6.58 Å². The summed E-state index contributed by atoms with van der Waals surface area (Å²) in [7, 11) is 0. The maximum Gasteiger partial charge on any atom is 0.327 e. The van der Waals surface area contributed by atoms with Crippen LogP contribution in [0.25, 0.3) is 0 Å². The molecule has 0 aromatic heterocycles. The molecule has 2 atom stereocenters. The number of carbonyl (C=O) groups is 1. The zero-order valence-electron chi connectivity index (χ0n) is 7.85. The first-order valence-electron chi connectivity index (χ1n) is 4.38. The van der Waals surface area contributed by atoms with Crippen molar-refractivity contribution in [2.45, 2.75) is 12.2 Å². The van der Waals surface area contributed by atoms with Crippen molar-refractivity contribution in [3.63, 3.8) is 0 Å². The first-order valence-corrected chi connectivity index (χ1v) is 4.38. The highest BCUT2D eigenvalue weighted by Crippen LogP contribution is 2.12. The Bertz CT molecular complexity index is 183. The van der Waals surface area contributed by atoms with Crippen LogP contribution in [0, 0.1) is 0 Å². The lowest BCUT2D eigenvalue weighted by atomic mass is 10.5. The van der Waals surface area contributed by atoms with Crippen molar-refractivity contribution in [1.29, 1.82) is 0 Å². The van der Waals surface area contributed by atoms with Crippen LogP contribution in [0.15, 0.2) is 12.7 Å². The molecule has 2 heterocycles. The number of epoxide rings is 2. The summed E-state index contributed by atoms with van der Waals surface area (Å²) in [5.74, 6) is -0.981. The number of aliphatic carboxylic acids is 1. The van der Waals surface area contributed by atoms with Gasteiger partial charge in [-0.3, -0.25) is 0 Å². The van der Waals surface area contributed by atoms with Crippen molar-refractivity contribution in [3.05, 3.63) is 12.7 Å². The molecule has 0 spiro atoms. The summed E-state index contributed by atoms with van der Waals surface area (Å²) >= 11 is 0. The number of carboxylic acids is 1. The molecule has 14 heavy (non-hydrogen) atoms. The molecular formula is C9H14O5. The maximum absolute atomic E-state index is 9.25. The summed E-state index contributed by atoms with van der Waals surface area (Å²) in [6.45, 7) is 6.22. The Balaban J connectivity index is 0.000000171. The molecule has 2 saturated heterocycles. The highest BCUT2D eigenvalue weighted by atomic mass is 16.6. The second-order valence-corrected chi connectivity index (χ2v) is 2.99. The van der Waals surface area contributed by atoms with E-state index in [-0.39, 0.29) is 0 Å². The summed E-state index contributed by atoms with van der Waals surface area (Å²) < 4.78 is 15.1. The summed E-state index contributed by atoms with van der Waals surface area (Å²) in [6.07, 6.45) is 1.62. The minimum absolute atomic E-state index is 0.392. The molecule has 2 fully saturated rings. The Morgan fingerprint density at radius 2 is 1.79 bits per heavy atom. The van der Waals surface area contributed by atoms with Crippen LogP contribution in [-0.4, -0.2) is 49.7 Å². The van der Waals surface area contributed by atoms with E-state index in [0.717, 1.165) is 32.5 Å². The second-order valence-electron chi connectivity index (χ2n) is 2.99. The predicted octanol–water partition coefficient (Wildman–Crippen LogP) is 0.0576. The van der Waals surface area contributed by atoms with E-state index in [1.807, 2.05) is 0 Å². The largest absolute Gasteiger partial charge is 0.478 e. The maximum atomic E-state index is 9.25. The fourth-order valence-electron chi connectivity index (χ4n) is 0.659. The lowest BCUT2D eigenvalue weighted by molar-refractivity contribution is -0.131. The zero-order valence-corrected chi connectivity index (χ0v) is 7.85. The number of ether oxygens (including phenoxy) is 3. The van der Waals surface area contributed by atoms with E-state index in [1.165, 1.54) is 0 Å². The van der Waals surface area contributed by atoms with Crippen LogP contribution >= 0.6 is 0 Å². The van der Waals surface area contributed by atoms with Crippen molar-refractivity contribution in [3.8, 4) is 0 Å². The van der Waals surface area contributed by atoms with E-state index in [1.54, 1.807) is 0 Å². The van der Waals surface area contributed by atoms with Crippen molar-refractivity contribution in [2.75, 3.05) is 26.4 Å². The van der Waals surface area contributed by atoms with Crippen LogP contribution in [0.2, 0.25) is 0 Å². The molecule has 80 valence electrons. The quantitative estimate of drug-likeness (QED) is 0.504. The number of carboxylic acid groups (broad SMARTS) is 1. The van der Waals surface area contributed by atoms with Crippen LogP contribution in [0.5, 0.6) is 0 Å². The monoisotopic (exact) mass is 202 g/mol. The number of hydrogen-bond acceptors (Lipinski definition) is 4. The molecular weight excluding hydrogens is 188 g/mol. The van der Waals surface area contributed by atoms with Crippen LogP contribution < -0.4 is 0 Å². The van der Waals surface area contributed by atoms with Gasteiger partial charge in [-0.05, 0) is 0 Å². The zero-order chi connectivity index (χ0) is 10.4. The lowest BCUT2D eigenvalue weighted by Gasteiger charge is -1.95. The molecule has 0 bridgehead atoms. The van der Waals surface area contributed by atoms with Gasteiger partial charge >= 0.3 is 5.97 Å². The molecule has 2 aliphatic rings. The van der Waals surface area contributed by atoms with E-state index >= 15 is 0 Å². The fraction of sp³-hybridized carbons (Fsp3) is 0.667. The van der Waals surface area contributed by atoms with Gasteiger partial charge in [0.15, 0.2) is 0 Å². The van der Waals surface area contributed by atoms with Crippen molar-refractivity contribution < 1.29 is 24.1 Å². The Morgan fingerprint density at radius 3 is 2.00 bits per heavy atom. The Morgan fingerprint density at radius 1 is 1.43 bits per heavy atom. The van der Waals surface area contributed by atoms with E-state index in [2.05, 4.69) is 6.58 Å². The molecule has 2 unspecified atom stereocenters. The molecule has 0 aromatic rings. The van der Waals surface area contributed by atoms with Gasteiger partial charge in [-0.25, -0.2) is 4.79 Å². The minimum Gasteiger partial charge on any atom is -0.478 e. The highest BCUT2D eigenvalue weighted by Gasteiger charge is 2.26. The standard InChI is InChI=1S/C6H10O3.C3H4O2/c1(5-3-8-5)7-2-6-4-9-6;1-2-3(4)5/h5-6H,1-4H2;2H,1H2,(H,4,5). The molecule has 0 aliphatic carbocycles. The second kappa shape index (κ2) is 5.74. The topological polar surface area (TPSA) is 71.6 Å². The van der Waals surface area contributed by atoms with Gasteiger partial charge in [0.2, 0.25) is 0 Å². The van der Waals surface area contributed by atoms with Gasteiger partial charge in [-0.15, -0.1) is 0 Å². The molecule has 2 aliphatic heterocycles. The van der Waals surface area contributed by atoms with E-state index < -0.39 is 5.97 Å². The third-order valence-corrected chi connectivity index (χ3v) is 1.59. The summed E-state index contributed by atoms with van der Waals surface area (Å²) in [5.41, 5.74) is 0. The molecule has 0 radical (unpaired) electrons. The molecule has 0 saturated carbocycles. The van der Waals surface area contributed by atoms with E-state index in [4.69, 9.17) is 19.3 Å². The Hall–Kier alpha value is -0.910. The average Bonchev–Trinajstić information content (AvgIpc) is 2.99.